The summed E-state index contributed by atoms with van der Waals surface area (Å²) in [6.45, 7) is 7.33. The van der Waals surface area contributed by atoms with E-state index in [0.717, 1.165) is 0 Å². The molecule has 0 heterocycles. The van der Waals surface area contributed by atoms with Gasteiger partial charge in [-0.15, -0.1) is 0 Å². The van der Waals surface area contributed by atoms with Crippen molar-refractivity contribution in [2.24, 2.45) is 11.8 Å². The molecule has 0 aliphatic rings. The molecule has 2 atom stereocenters. The molecule has 0 fully saturated rings. The van der Waals surface area contributed by atoms with Crippen LogP contribution in [0.1, 0.15) is 34.1 Å². The topological polar surface area (TPSA) is 63.2 Å². The number of ketones is 3. The van der Waals surface area contributed by atoms with E-state index in [1.165, 1.54) is 13.8 Å². The zero-order valence-corrected chi connectivity index (χ0v) is 10.5. The minimum atomic E-state index is -0.209. The van der Waals surface area contributed by atoms with Crippen LogP contribution in [-0.4, -0.2) is 30.4 Å². The summed E-state index contributed by atoms with van der Waals surface area (Å²) in [7, 11) is 0. The Hall–Kier alpha value is -1.03. The molecule has 0 rings (SSSR count). The van der Waals surface area contributed by atoms with Gasteiger partial charge in [-0.25, -0.2) is 0 Å². The monoisotopic (exact) mass is 227 g/mol. The first kappa shape index (κ1) is 15.0. The molecule has 0 saturated carbocycles. The fraction of sp³-hybridized carbons (Fsp3) is 0.750. The largest absolute Gasteiger partial charge is 0.309 e. The molecule has 0 aliphatic heterocycles. The lowest BCUT2D eigenvalue weighted by atomic mass is 10.0. The molecule has 4 heteroatoms. The lowest BCUT2D eigenvalue weighted by molar-refractivity contribution is -0.125. The minimum Gasteiger partial charge on any atom is -0.309 e. The maximum absolute atomic E-state index is 11.4. The molecule has 0 spiro atoms. The maximum Gasteiger partial charge on any atom is 0.147 e. The summed E-state index contributed by atoms with van der Waals surface area (Å²) in [6, 6.07) is 0. The van der Waals surface area contributed by atoms with E-state index in [1.807, 2.05) is 6.92 Å². The molecular weight excluding hydrogens is 206 g/mol. The van der Waals surface area contributed by atoms with E-state index in [9.17, 15) is 14.4 Å². The molecule has 0 unspecified atom stereocenters. The van der Waals surface area contributed by atoms with Crippen molar-refractivity contribution in [1.82, 2.24) is 5.32 Å². The molecule has 16 heavy (non-hydrogen) atoms. The van der Waals surface area contributed by atoms with E-state index in [2.05, 4.69) is 5.32 Å². The molecule has 0 aromatic rings. The van der Waals surface area contributed by atoms with Crippen LogP contribution in [0.4, 0.5) is 0 Å². The van der Waals surface area contributed by atoms with Crippen molar-refractivity contribution in [1.29, 1.82) is 0 Å². The highest BCUT2D eigenvalue weighted by Gasteiger charge is 2.13. The standard InChI is InChI=1S/C12H21NO3/c1-8(10(3)14)5-12(16)7-13-6-9(2)11(4)15/h8-9,13H,5-7H2,1-4H3/t8-,9+/m1/s1. The van der Waals surface area contributed by atoms with Gasteiger partial charge >= 0.3 is 0 Å². The predicted octanol–water partition coefficient (Wildman–Crippen LogP) is 0.985. The zero-order chi connectivity index (χ0) is 12.7. The number of carbonyl (C=O) groups is 3. The predicted molar refractivity (Wildman–Crippen MR) is 62.2 cm³/mol. The lowest BCUT2D eigenvalue weighted by Gasteiger charge is -2.10. The van der Waals surface area contributed by atoms with E-state index < -0.39 is 0 Å². The van der Waals surface area contributed by atoms with Gasteiger partial charge in [0.15, 0.2) is 0 Å². The third kappa shape index (κ3) is 6.45. The zero-order valence-electron chi connectivity index (χ0n) is 10.5. The molecule has 4 nitrogen and oxygen atoms in total. The molecule has 0 bridgehead atoms. The second-order valence-electron chi connectivity index (χ2n) is 4.40. The molecule has 0 radical (unpaired) electrons. The van der Waals surface area contributed by atoms with Crippen LogP contribution in [0.25, 0.3) is 0 Å². The van der Waals surface area contributed by atoms with Gasteiger partial charge in [0.25, 0.3) is 0 Å². The van der Waals surface area contributed by atoms with Gasteiger partial charge in [-0.1, -0.05) is 13.8 Å². The number of nitrogens with one attached hydrogen (secondary N) is 1. The van der Waals surface area contributed by atoms with Crippen molar-refractivity contribution in [2.75, 3.05) is 13.1 Å². The fourth-order valence-corrected chi connectivity index (χ4v) is 1.13. The molecule has 92 valence electrons. The highest BCUT2D eigenvalue weighted by atomic mass is 16.1. The van der Waals surface area contributed by atoms with Crippen molar-refractivity contribution in [2.45, 2.75) is 34.1 Å². The quantitative estimate of drug-likeness (QED) is 0.671. The lowest BCUT2D eigenvalue weighted by Crippen LogP contribution is -2.31. The Bertz CT molecular complexity index is 273. The van der Waals surface area contributed by atoms with Crippen molar-refractivity contribution in [3.8, 4) is 0 Å². The van der Waals surface area contributed by atoms with Crippen molar-refractivity contribution in [3.05, 3.63) is 0 Å². The van der Waals surface area contributed by atoms with Crippen LogP contribution >= 0.6 is 0 Å². The van der Waals surface area contributed by atoms with Crippen molar-refractivity contribution in [3.63, 3.8) is 0 Å². The summed E-state index contributed by atoms with van der Waals surface area (Å²) >= 11 is 0. The van der Waals surface area contributed by atoms with Crippen LogP contribution < -0.4 is 5.32 Å². The number of rotatable bonds is 8. The summed E-state index contributed by atoms with van der Waals surface area (Å²) in [6.07, 6.45) is 0.275. The average Bonchev–Trinajstić information content (AvgIpc) is 2.16. The summed E-state index contributed by atoms with van der Waals surface area (Å²) in [5.74, 6) is -0.126. The molecule has 1 N–H and O–H groups in total. The summed E-state index contributed by atoms with van der Waals surface area (Å²) in [5.41, 5.74) is 0. The Morgan fingerprint density at radius 3 is 1.94 bits per heavy atom. The minimum absolute atomic E-state index is 0.0125. The van der Waals surface area contributed by atoms with E-state index >= 15 is 0 Å². The van der Waals surface area contributed by atoms with Crippen LogP contribution in [0.15, 0.2) is 0 Å². The maximum atomic E-state index is 11.4. The highest BCUT2D eigenvalue weighted by molar-refractivity contribution is 5.87. The molecule has 0 amide bonds. The smallest absolute Gasteiger partial charge is 0.147 e. The third-order valence-electron chi connectivity index (χ3n) is 2.69. The summed E-state index contributed by atoms with van der Waals surface area (Å²) < 4.78 is 0. The summed E-state index contributed by atoms with van der Waals surface area (Å²) in [4.78, 5) is 33.3. The molecule has 0 saturated heterocycles. The van der Waals surface area contributed by atoms with Crippen LogP contribution in [0, 0.1) is 11.8 Å². The normalized spacial score (nSPS) is 14.2. The second-order valence-corrected chi connectivity index (χ2v) is 4.40. The van der Waals surface area contributed by atoms with Crippen LogP contribution in [0.5, 0.6) is 0 Å². The van der Waals surface area contributed by atoms with Gasteiger partial charge in [0.05, 0.1) is 6.54 Å². The molecule has 0 aromatic heterocycles. The average molecular weight is 227 g/mol. The third-order valence-corrected chi connectivity index (χ3v) is 2.69. The van der Waals surface area contributed by atoms with Crippen LogP contribution in [-0.2, 0) is 14.4 Å². The Kier molecular flexibility index (Phi) is 6.81. The first-order valence-corrected chi connectivity index (χ1v) is 5.58. The first-order chi connectivity index (χ1) is 7.34. The molecule has 0 aromatic carbocycles. The van der Waals surface area contributed by atoms with Gasteiger partial charge in [0.2, 0.25) is 0 Å². The molecule has 0 aliphatic carbocycles. The van der Waals surface area contributed by atoms with Gasteiger partial charge in [0, 0.05) is 24.8 Å². The Labute approximate surface area is 96.8 Å². The highest BCUT2D eigenvalue weighted by Crippen LogP contribution is 2.03. The van der Waals surface area contributed by atoms with Gasteiger partial charge < -0.3 is 5.32 Å². The fourth-order valence-electron chi connectivity index (χ4n) is 1.13. The summed E-state index contributed by atoms with van der Waals surface area (Å²) in [5, 5.41) is 2.93. The Morgan fingerprint density at radius 2 is 1.50 bits per heavy atom. The van der Waals surface area contributed by atoms with Crippen LogP contribution in [0.2, 0.25) is 0 Å². The Balaban J connectivity index is 3.74. The van der Waals surface area contributed by atoms with Crippen molar-refractivity contribution < 1.29 is 14.4 Å². The number of hydrogen-bond acceptors (Lipinski definition) is 4. The van der Waals surface area contributed by atoms with Gasteiger partial charge in [0.1, 0.15) is 17.3 Å². The van der Waals surface area contributed by atoms with Crippen LogP contribution in [0.3, 0.4) is 0 Å². The van der Waals surface area contributed by atoms with Gasteiger partial charge in [-0.3, -0.25) is 14.4 Å². The van der Waals surface area contributed by atoms with Gasteiger partial charge in [-0.05, 0) is 13.8 Å². The Morgan fingerprint density at radius 1 is 1.00 bits per heavy atom. The SMILES string of the molecule is CC(=O)[C@H](C)CC(=O)CNC[C@H](C)C(C)=O. The van der Waals surface area contributed by atoms with Gasteiger partial charge in [-0.2, -0.15) is 0 Å². The number of hydrogen-bond donors (Lipinski definition) is 1. The van der Waals surface area contributed by atoms with E-state index in [0.29, 0.717) is 6.54 Å². The second kappa shape index (κ2) is 7.28. The first-order valence-electron chi connectivity index (χ1n) is 5.58. The number of carbonyl (C=O) groups excluding carboxylic acids is 3. The van der Waals surface area contributed by atoms with Crippen molar-refractivity contribution >= 4 is 17.3 Å². The number of Topliss-reactive ketones (excluding diaryl/α,β-unsaturated/α-hetero) is 3. The van der Waals surface area contributed by atoms with E-state index in [4.69, 9.17) is 0 Å². The molecular formula is C12H21NO3. The van der Waals surface area contributed by atoms with E-state index in [1.54, 1.807) is 6.92 Å². The van der Waals surface area contributed by atoms with E-state index in [-0.39, 0.29) is 42.2 Å².